The molecule has 1 amide bonds. The number of hydrogen-bond acceptors (Lipinski definition) is 3. The third-order valence-corrected chi connectivity index (χ3v) is 3.52. The molecule has 1 rings (SSSR count). The van der Waals surface area contributed by atoms with Crippen LogP contribution < -0.4 is 10.6 Å². The zero-order valence-corrected chi connectivity index (χ0v) is 11.0. The first kappa shape index (κ1) is 14.5. The summed E-state index contributed by atoms with van der Waals surface area (Å²) < 4.78 is 0. The molecule has 0 radical (unpaired) electrons. The summed E-state index contributed by atoms with van der Waals surface area (Å²) in [7, 11) is 0. The second kappa shape index (κ2) is 7.67. The van der Waals surface area contributed by atoms with E-state index in [0.717, 1.165) is 19.4 Å². The highest BCUT2D eigenvalue weighted by molar-refractivity contribution is 5.77. The van der Waals surface area contributed by atoms with Crippen molar-refractivity contribution in [2.75, 3.05) is 19.6 Å². The van der Waals surface area contributed by atoms with Gasteiger partial charge in [-0.2, -0.15) is 0 Å². The first-order valence-corrected chi connectivity index (χ1v) is 6.82. The molecule has 0 spiro atoms. The van der Waals surface area contributed by atoms with Crippen molar-refractivity contribution in [2.24, 2.45) is 11.8 Å². The maximum atomic E-state index is 11.4. The number of carbonyl (C=O) groups excluding carboxylic acids is 1. The molecule has 3 N–H and O–H groups in total. The summed E-state index contributed by atoms with van der Waals surface area (Å²) in [6.07, 6.45) is 4.11. The molecule has 17 heavy (non-hydrogen) atoms. The van der Waals surface area contributed by atoms with Crippen molar-refractivity contribution in [3.05, 3.63) is 0 Å². The number of nitrogens with one attached hydrogen (secondary N) is 2. The van der Waals surface area contributed by atoms with Crippen LogP contribution in [0.15, 0.2) is 0 Å². The molecule has 1 aliphatic carbocycles. The Morgan fingerprint density at radius 2 is 2.00 bits per heavy atom. The Balaban J connectivity index is 2.02. The van der Waals surface area contributed by atoms with E-state index in [1.54, 1.807) is 0 Å². The van der Waals surface area contributed by atoms with E-state index in [2.05, 4.69) is 24.5 Å². The highest BCUT2D eigenvalue weighted by Crippen LogP contribution is 2.27. The standard InChI is InChI=1S/C13H26N2O2/c1-3-11(4-2)12(16)8-14-9-13(17)15-7-10-5-6-10/h10-12,14,16H,3-9H2,1-2H3,(H,15,17). The third kappa shape index (κ3) is 6.03. The van der Waals surface area contributed by atoms with E-state index in [-0.39, 0.29) is 12.0 Å². The molecule has 1 unspecified atom stereocenters. The summed E-state index contributed by atoms with van der Waals surface area (Å²) in [5, 5.41) is 15.8. The molecule has 0 aromatic rings. The molecule has 1 atom stereocenters. The Kier molecular flexibility index (Phi) is 6.52. The van der Waals surface area contributed by atoms with Gasteiger partial charge in [-0.15, -0.1) is 0 Å². The minimum absolute atomic E-state index is 0.0358. The number of rotatable bonds is 9. The summed E-state index contributed by atoms with van der Waals surface area (Å²) >= 11 is 0. The minimum atomic E-state index is -0.346. The molecular weight excluding hydrogens is 216 g/mol. The maximum Gasteiger partial charge on any atom is 0.233 e. The van der Waals surface area contributed by atoms with Crippen LogP contribution in [0.2, 0.25) is 0 Å². The summed E-state index contributed by atoms with van der Waals surface area (Å²) in [5.74, 6) is 1.08. The van der Waals surface area contributed by atoms with Crippen LogP contribution in [0.5, 0.6) is 0 Å². The number of carbonyl (C=O) groups is 1. The highest BCUT2D eigenvalue weighted by Gasteiger charge is 2.21. The summed E-state index contributed by atoms with van der Waals surface area (Å²) in [4.78, 5) is 11.4. The van der Waals surface area contributed by atoms with E-state index in [4.69, 9.17) is 0 Å². The van der Waals surface area contributed by atoms with E-state index in [0.29, 0.717) is 24.9 Å². The molecule has 1 saturated carbocycles. The molecule has 0 aliphatic heterocycles. The molecule has 0 aromatic carbocycles. The van der Waals surface area contributed by atoms with Gasteiger partial charge in [0.05, 0.1) is 12.6 Å². The Hall–Kier alpha value is -0.610. The molecular formula is C13H26N2O2. The van der Waals surface area contributed by atoms with Crippen LogP contribution in [-0.2, 0) is 4.79 Å². The number of aliphatic hydroxyl groups is 1. The predicted octanol–water partition coefficient (Wildman–Crippen LogP) is 0.899. The third-order valence-electron chi connectivity index (χ3n) is 3.52. The van der Waals surface area contributed by atoms with Crippen molar-refractivity contribution in [1.29, 1.82) is 0 Å². The summed E-state index contributed by atoms with van der Waals surface area (Å²) in [6, 6.07) is 0. The van der Waals surface area contributed by atoms with Crippen LogP contribution in [-0.4, -0.2) is 36.8 Å². The number of amides is 1. The van der Waals surface area contributed by atoms with Crippen LogP contribution in [0.3, 0.4) is 0 Å². The topological polar surface area (TPSA) is 61.4 Å². The van der Waals surface area contributed by atoms with Crippen LogP contribution in [0.1, 0.15) is 39.5 Å². The van der Waals surface area contributed by atoms with Gasteiger partial charge in [0.1, 0.15) is 0 Å². The second-order valence-electron chi connectivity index (χ2n) is 5.02. The van der Waals surface area contributed by atoms with Gasteiger partial charge in [-0.25, -0.2) is 0 Å². The normalized spacial score (nSPS) is 17.2. The van der Waals surface area contributed by atoms with Gasteiger partial charge in [0.15, 0.2) is 0 Å². The van der Waals surface area contributed by atoms with E-state index < -0.39 is 0 Å². The zero-order chi connectivity index (χ0) is 12.7. The van der Waals surface area contributed by atoms with Gasteiger partial charge in [-0.05, 0) is 24.7 Å². The average Bonchev–Trinajstić information content (AvgIpc) is 3.12. The monoisotopic (exact) mass is 242 g/mol. The molecule has 0 aromatic heterocycles. The Labute approximate surface area is 104 Å². The lowest BCUT2D eigenvalue weighted by molar-refractivity contribution is -0.120. The van der Waals surface area contributed by atoms with E-state index in [1.165, 1.54) is 12.8 Å². The predicted molar refractivity (Wildman–Crippen MR) is 68.7 cm³/mol. The lowest BCUT2D eigenvalue weighted by Crippen LogP contribution is -2.39. The fourth-order valence-electron chi connectivity index (χ4n) is 1.98. The Morgan fingerprint density at radius 1 is 1.35 bits per heavy atom. The smallest absolute Gasteiger partial charge is 0.233 e. The SMILES string of the molecule is CCC(CC)C(O)CNCC(=O)NCC1CC1. The molecule has 100 valence electrons. The summed E-state index contributed by atoms with van der Waals surface area (Å²) in [5.41, 5.74) is 0. The lowest BCUT2D eigenvalue weighted by atomic mass is 9.97. The van der Waals surface area contributed by atoms with Gasteiger partial charge < -0.3 is 15.7 Å². The first-order chi connectivity index (χ1) is 8.17. The van der Waals surface area contributed by atoms with E-state index >= 15 is 0 Å². The average molecular weight is 242 g/mol. The van der Waals surface area contributed by atoms with Gasteiger partial charge in [-0.3, -0.25) is 4.79 Å². The van der Waals surface area contributed by atoms with Crippen molar-refractivity contribution < 1.29 is 9.90 Å². The number of aliphatic hydroxyl groups excluding tert-OH is 1. The zero-order valence-electron chi connectivity index (χ0n) is 11.0. The quantitative estimate of drug-likeness (QED) is 0.563. The molecule has 1 fully saturated rings. The molecule has 4 heteroatoms. The van der Waals surface area contributed by atoms with Crippen molar-refractivity contribution in [1.82, 2.24) is 10.6 Å². The second-order valence-corrected chi connectivity index (χ2v) is 5.02. The fraction of sp³-hybridized carbons (Fsp3) is 0.923. The maximum absolute atomic E-state index is 11.4. The van der Waals surface area contributed by atoms with Gasteiger partial charge in [0, 0.05) is 13.1 Å². The molecule has 1 aliphatic rings. The largest absolute Gasteiger partial charge is 0.392 e. The van der Waals surface area contributed by atoms with Crippen LogP contribution in [0.4, 0.5) is 0 Å². The molecule has 0 bridgehead atoms. The minimum Gasteiger partial charge on any atom is -0.392 e. The van der Waals surface area contributed by atoms with Crippen molar-refractivity contribution in [3.8, 4) is 0 Å². The van der Waals surface area contributed by atoms with Crippen molar-refractivity contribution >= 4 is 5.91 Å². The Morgan fingerprint density at radius 3 is 2.53 bits per heavy atom. The van der Waals surface area contributed by atoms with Crippen LogP contribution >= 0.6 is 0 Å². The fourth-order valence-corrected chi connectivity index (χ4v) is 1.98. The Bertz CT molecular complexity index is 225. The molecule has 0 heterocycles. The van der Waals surface area contributed by atoms with E-state index in [1.807, 2.05) is 0 Å². The van der Waals surface area contributed by atoms with Gasteiger partial charge >= 0.3 is 0 Å². The number of hydrogen-bond donors (Lipinski definition) is 3. The lowest BCUT2D eigenvalue weighted by Gasteiger charge is -2.20. The van der Waals surface area contributed by atoms with Gasteiger partial charge in [0.25, 0.3) is 0 Å². The first-order valence-electron chi connectivity index (χ1n) is 6.82. The van der Waals surface area contributed by atoms with Gasteiger partial charge in [0.2, 0.25) is 5.91 Å². The molecule has 0 saturated heterocycles. The van der Waals surface area contributed by atoms with Crippen molar-refractivity contribution in [3.63, 3.8) is 0 Å². The van der Waals surface area contributed by atoms with Gasteiger partial charge in [-0.1, -0.05) is 26.7 Å². The van der Waals surface area contributed by atoms with Crippen LogP contribution in [0.25, 0.3) is 0 Å². The van der Waals surface area contributed by atoms with E-state index in [9.17, 15) is 9.90 Å². The highest BCUT2D eigenvalue weighted by atomic mass is 16.3. The van der Waals surface area contributed by atoms with Crippen molar-refractivity contribution in [2.45, 2.75) is 45.6 Å². The summed E-state index contributed by atoms with van der Waals surface area (Å²) in [6.45, 7) is 5.79. The van der Waals surface area contributed by atoms with Crippen LogP contribution in [0, 0.1) is 11.8 Å². The molecule has 4 nitrogen and oxygen atoms in total.